The number of ketones is 3. The first kappa shape index (κ1) is 25.5. The third kappa shape index (κ3) is 6.93. The third-order valence-corrected chi connectivity index (χ3v) is 4.27. The van der Waals surface area contributed by atoms with Crippen LogP contribution in [0.2, 0.25) is 0 Å². The third-order valence-electron chi connectivity index (χ3n) is 4.27. The Morgan fingerprint density at radius 2 is 1.84 bits per heavy atom. The Kier molecular flexibility index (Phi) is 12.8. The molecule has 142 valence electrons. The summed E-state index contributed by atoms with van der Waals surface area (Å²) in [5.74, 6) is -0.862. The lowest BCUT2D eigenvalue weighted by Gasteiger charge is -2.24. The molecule has 1 fully saturated rings. The van der Waals surface area contributed by atoms with Gasteiger partial charge in [-0.2, -0.15) is 0 Å². The molecule has 1 aliphatic rings. The lowest BCUT2D eigenvalue weighted by molar-refractivity contribution is -0.139. The first-order valence-electron chi connectivity index (χ1n) is 8.92. The smallest absolute Gasteiger partial charge is 0.163 e. The summed E-state index contributed by atoms with van der Waals surface area (Å²) in [7, 11) is 0. The van der Waals surface area contributed by atoms with Crippen molar-refractivity contribution < 1.29 is 14.4 Å². The number of hydrogen-bond acceptors (Lipinski definition) is 3. The molecule has 0 aromatic heterocycles. The van der Waals surface area contributed by atoms with Crippen LogP contribution in [0.1, 0.15) is 68.2 Å². The maximum atomic E-state index is 12.6. The van der Waals surface area contributed by atoms with Crippen molar-refractivity contribution in [2.75, 3.05) is 0 Å². The highest BCUT2D eigenvalue weighted by atomic mass is 16.2. The molecular formula is C22H36O3. The molecule has 0 spiro atoms. The second kappa shape index (κ2) is 12.6. The van der Waals surface area contributed by atoms with Gasteiger partial charge in [0, 0.05) is 24.3 Å². The van der Waals surface area contributed by atoms with E-state index in [0.29, 0.717) is 18.4 Å². The molecule has 0 radical (unpaired) electrons. The van der Waals surface area contributed by atoms with Crippen LogP contribution in [0.15, 0.2) is 36.0 Å². The van der Waals surface area contributed by atoms with E-state index in [1.165, 1.54) is 0 Å². The second-order valence-corrected chi connectivity index (χ2v) is 6.18. The van der Waals surface area contributed by atoms with Crippen molar-refractivity contribution in [2.45, 2.75) is 68.2 Å². The average molecular weight is 349 g/mol. The molecular weight excluding hydrogens is 312 g/mol. The van der Waals surface area contributed by atoms with Crippen LogP contribution in [-0.2, 0) is 14.4 Å². The van der Waals surface area contributed by atoms with Gasteiger partial charge in [-0.05, 0) is 31.8 Å². The molecule has 0 aromatic carbocycles. The average Bonchev–Trinajstić information content (AvgIpc) is 2.57. The molecule has 0 aliphatic heterocycles. The fraction of sp³-hybridized carbons (Fsp3) is 0.591. The van der Waals surface area contributed by atoms with Crippen LogP contribution < -0.4 is 0 Å². The summed E-state index contributed by atoms with van der Waals surface area (Å²) < 4.78 is 0. The Labute approximate surface area is 154 Å². The summed E-state index contributed by atoms with van der Waals surface area (Å²) in [6.07, 6.45) is 6.46. The van der Waals surface area contributed by atoms with E-state index in [4.69, 9.17) is 0 Å². The van der Waals surface area contributed by atoms with Crippen LogP contribution in [0.3, 0.4) is 0 Å². The van der Waals surface area contributed by atoms with Gasteiger partial charge in [0.1, 0.15) is 11.6 Å². The molecule has 0 heterocycles. The first-order valence-corrected chi connectivity index (χ1v) is 8.92. The lowest BCUT2D eigenvalue weighted by Crippen LogP contribution is -2.34. The summed E-state index contributed by atoms with van der Waals surface area (Å²) in [6.45, 7) is 15.4. The predicted molar refractivity (Wildman–Crippen MR) is 106 cm³/mol. The SMILES string of the molecule is C.C=C/C(C(=O)CC1CCC(=O)C(C)C1=O)=C(\C=C/C)C(C)C.CC. The monoisotopic (exact) mass is 348 g/mol. The van der Waals surface area contributed by atoms with Crippen molar-refractivity contribution >= 4 is 17.3 Å². The minimum absolute atomic E-state index is 0. The molecule has 1 saturated carbocycles. The molecule has 3 heteroatoms. The van der Waals surface area contributed by atoms with E-state index in [1.807, 2.05) is 46.8 Å². The van der Waals surface area contributed by atoms with E-state index in [-0.39, 0.29) is 43.0 Å². The molecule has 1 rings (SSSR count). The van der Waals surface area contributed by atoms with Gasteiger partial charge in [-0.15, -0.1) is 0 Å². The quantitative estimate of drug-likeness (QED) is 0.361. The fourth-order valence-corrected chi connectivity index (χ4v) is 2.89. The van der Waals surface area contributed by atoms with Crippen LogP contribution in [-0.4, -0.2) is 17.3 Å². The zero-order valence-corrected chi connectivity index (χ0v) is 16.0. The zero-order chi connectivity index (χ0) is 18.9. The largest absolute Gasteiger partial charge is 0.299 e. The summed E-state index contributed by atoms with van der Waals surface area (Å²) in [4.78, 5) is 36.3. The van der Waals surface area contributed by atoms with E-state index < -0.39 is 5.92 Å². The number of Topliss-reactive ketones (excluding diaryl/α,β-unsaturated/α-hetero) is 3. The predicted octanol–water partition coefficient (Wildman–Crippen LogP) is 5.51. The standard InChI is InChI=1S/C19H26O3.C2H6.CH4/c1-6-8-16(12(3)4)15(7-2)18(21)11-14-9-10-17(20)13(5)19(14)22;1-2;/h6-8,12-14H,2,9-11H2,1,3-5H3;1-2H3;1H4/b8-6-,16-15-;;. The number of hydrogen-bond donors (Lipinski definition) is 0. The van der Waals surface area contributed by atoms with Gasteiger partial charge in [-0.1, -0.05) is 59.9 Å². The summed E-state index contributed by atoms with van der Waals surface area (Å²) in [6, 6.07) is 0. The van der Waals surface area contributed by atoms with Crippen molar-refractivity contribution in [2.24, 2.45) is 17.8 Å². The van der Waals surface area contributed by atoms with E-state index in [9.17, 15) is 14.4 Å². The van der Waals surface area contributed by atoms with Gasteiger partial charge in [0.2, 0.25) is 0 Å². The van der Waals surface area contributed by atoms with Crippen molar-refractivity contribution in [1.29, 1.82) is 0 Å². The van der Waals surface area contributed by atoms with Crippen molar-refractivity contribution in [3.63, 3.8) is 0 Å². The second-order valence-electron chi connectivity index (χ2n) is 6.18. The Morgan fingerprint density at radius 3 is 2.28 bits per heavy atom. The molecule has 0 saturated heterocycles. The Morgan fingerprint density at radius 1 is 1.28 bits per heavy atom. The van der Waals surface area contributed by atoms with Gasteiger partial charge in [-0.25, -0.2) is 0 Å². The number of carbonyl (C=O) groups excluding carboxylic acids is 3. The van der Waals surface area contributed by atoms with E-state index in [0.717, 1.165) is 5.57 Å². The van der Waals surface area contributed by atoms with Crippen LogP contribution in [0.5, 0.6) is 0 Å². The molecule has 2 unspecified atom stereocenters. The molecule has 1 aliphatic carbocycles. The van der Waals surface area contributed by atoms with Gasteiger partial charge in [0.25, 0.3) is 0 Å². The van der Waals surface area contributed by atoms with Crippen molar-refractivity contribution in [1.82, 2.24) is 0 Å². The Balaban J connectivity index is 0. The highest BCUT2D eigenvalue weighted by molar-refractivity contribution is 6.08. The molecule has 0 amide bonds. The van der Waals surface area contributed by atoms with Crippen LogP contribution in [0, 0.1) is 17.8 Å². The van der Waals surface area contributed by atoms with Gasteiger partial charge >= 0.3 is 0 Å². The van der Waals surface area contributed by atoms with Crippen molar-refractivity contribution in [3.8, 4) is 0 Å². The molecule has 0 N–H and O–H groups in total. The molecule has 3 nitrogen and oxygen atoms in total. The fourth-order valence-electron chi connectivity index (χ4n) is 2.89. The highest BCUT2D eigenvalue weighted by Gasteiger charge is 2.35. The van der Waals surface area contributed by atoms with E-state index >= 15 is 0 Å². The molecule has 0 bridgehead atoms. The number of carbonyl (C=O) groups is 3. The first-order chi connectivity index (χ1) is 11.3. The van der Waals surface area contributed by atoms with Crippen LogP contribution in [0.4, 0.5) is 0 Å². The molecule has 25 heavy (non-hydrogen) atoms. The van der Waals surface area contributed by atoms with Gasteiger partial charge < -0.3 is 0 Å². The van der Waals surface area contributed by atoms with Gasteiger partial charge in [0.15, 0.2) is 5.78 Å². The summed E-state index contributed by atoms with van der Waals surface area (Å²) >= 11 is 0. The number of allylic oxidation sites excluding steroid dienone is 5. The molecule has 0 aromatic rings. The molecule has 2 atom stereocenters. The Bertz CT molecular complexity index is 535. The van der Waals surface area contributed by atoms with Gasteiger partial charge in [0.05, 0.1) is 5.92 Å². The maximum absolute atomic E-state index is 12.6. The van der Waals surface area contributed by atoms with Crippen LogP contribution >= 0.6 is 0 Å². The Hall–Kier alpha value is -1.77. The summed E-state index contributed by atoms with van der Waals surface area (Å²) in [5, 5.41) is 0. The topological polar surface area (TPSA) is 51.2 Å². The minimum Gasteiger partial charge on any atom is -0.299 e. The number of rotatable bonds is 6. The van der Waals surface area contributed by atoms with Crippen molar-refractivity contribution in [3.05, 3.63) is 36.0 Å². The van der Waals surface area contributed by atoms with Gasteiger partial charge in [-0.3, -0.25) is 14.4 Å². The zero-order valence-electron chi connectivity index (χ0n) is 16.0. The van der Waals surface area contributed by atoms with E-state index in [2.05, 4.69) is 6.58 Å². The van der Waals surface area contributed by atoms with E-state index in [1.54, 1.807) is 13.0 Å². The maximum Gasteiger partial charge on any atom is 0.163 e. The lowest BCUT2D eigenvalue weighted by atomic mass is 9.77. The summed E-state index contributed by atoms with van der Waals surface area (Å²) in [5.41, 5.74) is 1.53. The van der Waals surface area contributed by atoms with Crippen LogP contribution in [0.25, 0.3) is 0 Å². The minimum atomic E-state index is -0.567. The highest BCUT2D eigenvalue weighted by Crippen LogP contribution is 2.28. The normalized spacial score (nSPS) is 21.2.